The molecule has 12 heteroatoms. The molecule has 0 amide bonds. The Labute approximate surface area is 213 Å². The van der Waals surface area contributed by atoms with Crippen molar-refractivity contribution < 1.29 is 17.9 Å². The van der Waals surface area contributed by atoms with Gasteiger partial charge in [-0.1, -0.05) is 22.0 Å². The number of aromatic nitrogens is 2. The average molecular weight is 575 g/mol. The fourth-order valence-electron chi connectivity index (χ4n) is 3.67. The maximum atomic E-state index is 12.6. The van der Waals surface area contributed by atoms with Gasteiger partial charge >= 0.3 is 6.36 Å². The van der Waals surface area contributed by atoms with Crippen molar-refractivity contribution >= 4 is 52.5 Å². The molecule has 1 aliphatic carbocycles. The summed E-state index contributed by atoms with van der Waals surface area (Å²) >= 11 is 3.19. The molecule has 1 fully saturated rings. The van der Waals surface area contributed by atoms with Crippen LogP contribution in [0.2, 0.25) is 0 Å². The summed E-state index contributed by atoms with van der Waals surface area (Å²) < 4.78 is 42.6. The molecule has 0 unspecified atom stereocenters. The van der Waals surface area contributed by atoms with Crippen LogP contribution in [0.5, 0.6) is 5.75 Å². The number of hydrogen-bond acceptors (Lipinski definition) is 6. The molecule has 1 aromatic carbocycles. The van der Waals surface area contributed by atoms with Crippen molar-refractivity contribution in [3.8, 4) is 5.75 Å². The third-order valence-electron chi connectivity index (χ3n) is 5.28. The zero-order chi connectivity index (χ0) is 22.4. The van der Waals surface area contributed by atoms with Gasteiger partial charge in [0.1, 0.15) is 11.6 Å². The second kappa shape index (κ2) is 13.4. The summed E-state index contributed by atoms with van der Waals surface area (Å²) in [5, 5.41) is 6.70. The minimum Gasteiger partial charge on any atom is -0.405 e. The average Bonchev–Trinajstić information content (AvgIpc) is 2.70. The molecule has 1 heterocycles. The van der Waals surface area contributed by atoms with Crippen LogP contribution in [0.4, 0.5) is 24.9 Å². The van der Waals surface area contributed by atoms with Gasteiger partial charge in [-0.25, -0.2) is 4.98 Å². The van der Waals surface area contributed by atoms with Gasteiger partial charge in [-0.15, -0.1) is 38.0 Å². The first kappa shape index (κ1) is 29.5. The highest BCUT2D eigenvalue weighted by molar-refractivity contribution is 9.10. The van der Waals surface area contributed by atoms with Crippen molar-refractivity contribution in [3.05, 3.63) is 40.5 Å². The normalized spacial score (nSPS) is 18.0. The minimum atomic E-state index is -4.71. The van der Waals surface area contributed by atoms with Crippen molar-refractivity contribution in [2.24, 2.45) is 5.92 Å². The van der Waals surface area contributed by atoms with Gasteiger partial charge in [0.15, 0.2) is 0 Å². The Balaban J connectivity index is 0.00000272. The number of ether oxygens (including phenoxy) is 1. The first-order valence-electron chi connectivity index (χ1n) is 10.2. The Kier molecular flexibility index (Phi) is 12.0. The number of anilines is 2. The summed E-state index contributed by atoms with van der Waals surface area (Å²) in [6.45, 7) is 1.07. The van der Waals surface area contributed by atoms with Gasteiger partial charge in [0.05, 0.1) is 0 Å². The highest BCUT2D eigenvalue weighted by Gasteiger charge is 2.32. The molecule has 33 heavy (non-hydrogen) atoms. The number of benzene rings is 1. The summed E-state index contributed by atoms with van der Waals surface area (Å²) in [5.41, 5.74) is 0.480. The Morgan fingerprint density at radius 2 is 1.82 bits per heavy atom. The second-order valence-electron chi connectivity index (χ2n) is 7.93. The molecule has 0 atom stereocenters. The lowest BCUT2D eigenvalue weighted by atomic mass is 9.86. The van der Waals surface area contributed by atoms with Crippen LogP contribution in [0, 0.1) is 5.92 Å². The van der Waals surface area contributed by atoms with E-state index in [4.69, 9.17) is 0 Å². The van der Waals surface area contributed by atoms with Crippen LogP contribution in [0.1, 0.15) is 31.2 Å². The minimum absolute atomic E-state index is 0. The van der Waals surface area contributed by atoms with Crippen LogP contribution in [-0.4, -0.2) is 43.0 Å². The second-order valence-corrected chi connectivity index (χ2v) is 8.84. The Hall–Kier alpha value is -1.49. The smallest absolute Gasteiger partial charge is 0.405 e. The molecule has 2 N–H and O–H groups in total. The van der Waals surface area contributed by atoms with E-state index in [9.17, 15) is 13.2 Å². The van der Waals surface area contributed by atoms with Crippen molar-refractivity contribution in [2.45, 2.75) is 44.6 Å². The van der Waals surface area contributed by atoms with Crippen molar-refractivity contribution in [1.29, 1.82) is 0 Å². The molecule has 186 valence electrons. The van der Waals surface area contributed by atoms with Crippen LogP contribution in [0.25, 0.3) is 0 Å². The predicted octanol–water partition coefficient (Wildman–Crippen LogP) is 5.81. The zero-order valence-electron chi connectivity index (χ0n) is 18.4. The van der Waals surface area contributed by atoms with E-state index in [1.165, 1.54) is 6.07 Å². The van der Waals surface area contributed by atoms with E-state index in [1.807, 2.05) is 25.1 Å². The van der Waals surface area contributed by atoms with Crippen LogP contribution in [0.15, 0.2) is 34.9 Å². The van der Waals surface area contributed by atoms with Crippen molar-refractivity contribution in [2.75, 3.05) is 30.9 Å². The number of halogens is 6. The van der Waals surface area contributed by atoms with Gasteiger partial charge in [-0.3, -0.25) is 0 Å². The van der Waals surface area contributed by atoms with Gasteiger partial charge in [0, 0.05) is 42.9 Å². The predicted molar refractivity (Wildman–Crippen MR) is 133 cm³/mol. The molecule has 0 aliphatic heterocycles. The van der Waals surface area contributed by atoms with Gasteiger partial charge in [-0.2, -0.15) is 4.98 Å². The van der Waals surface area contributed by atoms with E-state index in [0.717, 1.165) is 38.0 Å². The van der Waals surface area contributed by atoms with E-state index in [2.05, 4.69) is 41.3 Å². The van der Waals surface area contributed by atoms with Gasteiger partial charge < -0.3 is 20.3 Å². The lowest BCUT2D eigenvalue weighted by Crippen LogP contribution is -2.31. The van der Waals surface area contributed by atoms with Crippen molar-refractivity contribution in [1.82, 2.24) is 15.3 Å². The Morgan fingerprint density at radius 1 is 1.12 bits per heavy atom. The van der Waals surface area contributed by atoms with Crippen LogP contribution in [0.3, 0.4) is 0 Å². The summed E-state index contributed by atoms with van der Waals surface area (Å²) in [7, 11) is 3.88. The number of nitrogens with one attached hydrogen (secondary N) is 2. The Bertz CT molecular complexity index is 868. The van der Waals surface area contributed by atoms with Crippen LogP contribution in [-0.2, 0) is 6.54 Å². The lowest BCUT2D eigenvalue weighted by Gasteiger charge is -2.29. The zero-order valence-corrected chi connectivity index (χ0v) is 21.6. The van der Waals surface area contributed by atoms with Gasteiger partial charge in [-0.05, 0) is 56.3 Å². The molecular weight excluding hydrogens is 546 g/mol. The largest absolute Gasteiger partial charge is 0.573 e. The molecule has 1 aromatic heterocycles. The van der Waals surface area contributed by atoms with E-state index in [1.54, 1.807) is 18.3 Å². The van der Waals surface area contributed by atoms with Gasteiger partial charge in [0.2, 0.25) is 5.95 Å². The maximum absolute atomic E-state index is 12.6. The first-order chi connectivity index (χ1) is 14.7. The van der Waals surface area contributed by atoms with E-state index < -0.39 is 6.36 Å². The molecule has 0 spiro atoms. The molecule has 1 aliphatic rings. The fraction of sp³-hybridized carbons (Fsp3) is 0.524. The summed E-state index contributed by atoms with van der Waals surface area (Å²) in [5.74, 6) is 1.80. The lowest BCUT2D eigenvalue weighted by molar-refractivity contribution is -0.274. The summed E-state index contributed by atoms with van der Waals surface area (Å²) in [4.78, 5) is 10.7. The fourth-order valence-corrected chi connectivity index (χ4v) is 4.01. The van der Waals surface area contributed by atoms with Crippen LogP contribution >= 0.6 is 40.7 Å². The third kappa shape index (κ3) is 9.72. The molecule has 0 bridgehead atoms. The third-order valence-corrected chi connectivity index (χ3v) is 5.78. The number of rotatable bonds is 8. The van der Waals surface area contributed by atoms with E-state index >= 15 is 0 Å². The van der Waals surface area contributed by atoms with Gasteiger partial charge in [0.25, 0.3) is 0 Å². The highest BCUT2D eigenvalue weighted by atomic mass is 79.9. The Morgan fingerprint density at radius 3 is 2.45 bits per heavy atom. The maximum Gasteiger partial charge on any atom is 0.573 e. The SMILES string of the molecule is CN(C)c1ccnc(NC2CCC(CNCc3ccc(Br)cc3OC(F)(F)F)CC2)n1.Cl.Cl. The van der Waals surface area contributed by atoms with E-state index in [0.29, 0.717) is 34.5 Å². The van der Waals surface area contributed by atoms with Crippen LogP contribution < -0.4 is 20.3 Å². The van der Waals surface area contributed by atoms with Crippen molar-refractivity contribution in [3.63, 3.8) is 0 Å². The highest BCUT2D eigenvalue weighted by Crippen LogP contribution is 2.30. The molecule has 0 radical (unpaired) electrons. The first-order valence-corrected chi connectivity index (χ1v) is 11.0. The molecule has 0 saturated heterocycles. The summed E-state index contributed by atoms with van der Waals surface area (Å²) in [6, 6.07) is 6.89. The molecule has 2 aromatic rings. The molecule has 3 rings (SSSR count). The molecule has 1 saturated carbocycles. The quantitative estimate of drug-likeness (QED) is 0.415. The summed E-state index contributed by atoms with van der Waals surface area (Å²) in [6.07, 6.45) is 1.11. The number of nitrogens with zero attached hydrogens (tertiary/aromatic N) is 3. The number of hydrogen-bond donors (Lipinski definition) is 2. The molecular formula is C21H29BrCl2F3N5O. The topological polar surface area (TPSA) is 62.3 Å². The monoisotopic (exact) mass is 573 g/mol. The number of alkyl halides is 3. The molecule has 6 nitrogen and oxygen atoms in total. The standard InChI is InChI=1S/C21H27BrF3N5O.2ClH/c1-30(2)19-9-10-27-20(29-19)28-17-7-3-14(4-8-17)12-26-13-15-5-6-16(22)11-18(15)31-21(23,24)25;;/h5-6,9-11,14,17,26H,3-4,7-8,12-13H2,1-2H3,(H,27,28,29);2*1H. The van der Waals surface area contributed by atoms with E-state index in [-0.39, 0.29) is 30.6 Å².